The molecule has 2 N–H and O–H groups in total. The Bertz CT molecular complexity index is 1060. The van der Waals surface area contributed by atoms with Gasteiger partial charge in [0.15, 0.2) is 6.04 Å². The van der Waals surface area contributed by atoms with Gasteiger partial charge in [0.05, 0.1) is 5.71 Å². The van der Waals surface area contributed by atoms with Crippen LogP contribution in [0.2, 0.25) is 0 Å². The molecule has 0 spiro atoms. The molecule has 0 bridgehead atoms. The summed E-state index contributed by atoms with van der Waals surface area (Å²) in [5.41, 5.74) is 2.35. The Morgan fingerprint density at radius 3 is 2.00 bits per heavy atom. The molecule has 33 heavy (non-hydrogen) atoms. The number of aromatic nitrogens is 1. The van der Waals surface area contributed by atoms with Gasteiger partial charge in [0.2, 0.25) is 0 Å². The van der Waals surface area contributed by atoms with Crippen molar-refractivity contribution >= 4 is 23.6 Å². The zero-order valence-corrected chi connectivity index (χ0v) is 18.9. The minimum absolute atomic E-state index is 0.151. The van der Waals surface area contributed by atoms with Gasteiger partial charge in [-0.1, -0.05) is 66.7 Å². The van der Waals surface area contributed by atoms with Crippen LogP contribution in [0.3, 0.4) is 0 Å². The van der Waals surface area contributed by atoms with Gasteiger partial charge in [0, 0.05) is 23.7 Å². The molecular weight excluding hydrogens is 418 g/mol. The number of carbonyl (C=O) groups excluding carboxylic acids is 1. The normalized spacial score (nSPS) is 11.8. The molecule has 0 saturated carbocycles. The fourth-order valence-electron chi connectivity index (χ4n) is 3.10. The van der Waals surface area contributed by atoms with Crippen molar-refractivity contribution in [2.45, 2.75) is 38.8 Å². The van der Waals surface area contributed by atoms with Crippen molar-refractivity contribution in [3.05, 3.63) is 95.7 Å². The van der Waals surface area contributed by atoms with E-state index in [1.807, 2.05) is 60.7 Å². The van der Waals surface area contributed by atoms with Crippen LogP contribution in [0.15, 0.2) is 84.0 Å². The average Bonchev–Trinajstić information content (AvgIpc) is 2.77. The zero-order chi connectivity index (χ0) is 23.8. The lowest BCUT2D eigenvalue weighted by atomic mass is 10.0. The minimum atomic E-state index is -1.03. The van der Waals surface area contributed by atoms with E-state index in [1.165, 1.54) is 6.20 Å². The molecule has 1 unspecified atom stereocenters. The topological polar surface area (TPSA) is 101 Å². The maximum atomic E-state index is 12.0. The van der Waals surface area contributed by atoms with Gasteiger partial charge >= 0.3 is 12.1 Å². The lowest BCUT2D eigenvalue weighted by Crippen LogP contribution is -2.27. The van der Waals surface area contributed by atoms with Crippen molar-refractivity contribution in [2.75, 3.05) is 5.32 Å². The molecule has 0 aliphatic carbocycles. The van der Waals surface area contributed by atoms with Crippen LogP contribution in [-0.2, 0) is 16.0 Å². The lowest BCUT2D eigenvalue weighted by Gasteiger charge is -2.19. The summed E-state index contributed by atoms with van der Waals surface area (Å²) in [7, 11) is 0. The fraction of sp³-hybridized carbons (Fsp3) is 0.231. The van der Waals surface area contributed by atoms with E-state index in [9.17, 15) is 14.7 Å². The number of aliphatic imine (C=N–C) groups is 1. The maximum Gasteiger partial charge on any atom is 0.413 e. The van der Waals surface area contributed by atoms with Gasteiger partial charge in [-0.2, -0.15) is 0 Å². The van der Waals surface area contributed by atoms with Crippen LogP contribution < -0.4 is 5.32 Å². The van der Waals surface area contributed by atoms with Crippen molar-refractivity contribution in [2.24, 2.45) is 4.99 Å². The molecule has 1 aromatic heterocycles. The lowest BCUT2D eigenvalue weighted by molar-refractivity contribution is -0.138. The minimum Gasteiger partial charge on any atom is -0.480 e. The Morgan fingerprint density at radius 2 is 1.55 bits per heavy atom. The molecule has 7 heteroatoms. The van der Waals surface area contributed by atoms with E-state index in [-0.39, 0.29) is 6.42 Å². The largest absolute Gasteiger partial charge is 0.480 e. The molecule has 1 heterocycles. The van der Waals surface area contributed by atoms with Gasteiger partial charge in [-0.25, -0.2) is 14.6 Å². The molecule has 1 amide bonds. The number of carboxylic acids is 1. The number of carboxylic acid groups (broad SMARTS) is 1. The molecule has 1 atom stereocenters. The molecule has 3 aromatic rings. The van der Waals surface area contributed by atoms with Gasteiger partial charge in [0.1, 0.15) is 11.4 Å². The maximum absolute atomic E-state index is 12.0. The van der Waals surface area contributed by atoms with Crippen LogP contribution >= 0.6 is 0 Å². The highest BCUT2D eigenvalue weighted by Gasteiger charge is 2.20. The first-order valence-corrected chi connectivity index (χ1v) is 10.6. The molecule has 7 nitrogen and oxygen atoms in total. The van der Waals surface area contributed by atoms with Crippen molar-refractivity contribution in [1.29, 1.82) is 0 Å². The van der Waals surface area contributed by atoms with Gasteiger partial charge in [0.25, 0.3) is 0 Å². The van der Waals surface area contributed by atoms with Crippen LogP contribution in [0.4, 0.5) is 10.6 Å². The van der Waals surface area contributed by atoms with E-state index in [0.29, 0.717) is 17.1 Å². The second kappa shape index (κ2) is 10.5. The third kappa shape index (κ3) is 7.28. The highest BCUT2D eigenvalue weighted by atomic mass is 16.6. The highest BCUT2D eigenvalue weighted by Crippen LogP contribution is 2.16. The summed E-state index contributed by atoms with van der Waals surface area (Å²) in [4.78, 5) is 32.8. The SMILES string of the molecule is CC(C)(C)OC(=O)Nc1ccc(CC(N=C(c2ccccc2)c2ccccc2)C(=O)O)cn1. The molecule has 0 aliphatic rings. The first-order valence-electron chi connectivity index (χ1n) is 10.6. The summed E-state index contributed by atoms with van der Waals surface area (Å²) < 4.78 is 5.21. The van der Waals surface area contributed by atoms with Crippen LogP contribution in [0, 0.1) is 0 Å². The average molecular weight is 446 g/mol. The number of hydrogen-bond donors (Lipinski definition) is 2. The van der Waals surface area contributed by atoms with E-state index in [0.717, 1.165) is 11.1 Å². The summed E-state index contributed by atoms with van der Waals surface area (Å²) >= 11 is 0. The Kier molecular flexibility index (Phi) is 7.56. The number of nitrogens with zero attached hydrogens (tertiary/aromatic N) is 2. The second-order valence-electron chi connectivity index (χ2n) is 8.45. The first-order chi connectivity index (χ1) is 15.7. The molecule has 0 aliphatic heterocycles. The number of pyridine rings is 1. The smallest absolute Gasteiger partial charge is 0.413 e. The summed E-state index contributed by atoms with van der Waals surface area (Å²) in [5.74, 6) is -0.715. The Balaban J connectivity index is 1.82. The Labute approximate surface area is 193 Å². The van der Waals surface area contributed by atoms with E-state index in [4.69, 9.17) is 4.74 Å². The highest BCUT2D eigenvalue weighted by molar-refractivity contribution is 6.13. The Morgan fingerprint density at radius 1 is 0.970 bits per heavy atom. The third-order valence-corrected chi connectivity index (χ3v) is 4.55. The molecule has 0 saturated heterocycles. The van der Waals surface area contributed by atoms with Crippen molar-refractivity contribution < 1.29 is 19.4 Å². The van der Waals surface area contributed by atoms with Gasteiger partial charge in [-0.05, 0) is 32.4 Å². The number of carbonyl (C=O) groups is 2. The predicted octanol–water partition coefficient (Wildman–Crippen LogP) is 4.96. The molecule has 0 radical (unpaired) electrons. The van der Waals surface area contributed by atoms with E-state index in [1.54, 1.807) is 32.9 Å². The summed E-state index contributed by atoms with van der Waals surface area (Å²) in [6, 6.07) is 21.3. The molecule has 3 rings (SSSR count). The first kappa shape index (κ1) is 23.7. The van der Waals surface area contributed by atoms with Crippen LogP contribution in [0.5, 0.6) is 0 Å². The monoisotopic (exact) mass is 445 g/mol. The van der Waals surface area contributed by atoms with Gasteiger partial charge in [-0.15, -0.1) is 0 Å². The molecule has 170 valence electrons. The van der Waals surface area contributed by atoms with Crippen LogP contribution in [0.25, 0.3) is 0 Å². The fourth-order valence-corrected chi connectivity index (χ4v) is 3.10. The van der Waals surface area contributed by atoms with Crippen molar-refractivity contribution in [3.63, 3.8) is 0 Å². The van der Waals surface area contributed by atoms with E-state index < -0.39 is 23.7 Å². The zero-order valence-electron chi connectivity index (χ0n) is 18.9. The van der Waals surface area contributed by atoms with Crippen molar-refractivity contribution in [3.8, 4) is 0 Å². The molecular formula is C26H27N3O4. The number of amides is 1. The number of nitrogens with one attached hydrogen (secondary N) is 1. The number of rotatable bonds is 7. The summed E-state index contributed by atoms with van der Waals surface area (Å²) in [6.07, 6.45) is 1.08. The number of anilines is 1. The predicted molar refractivity (Wildman–Crippen MR) is 128 cm³/mol. The second-order valence-corrected chi connectivity index (χ2v) is 8.45. The van der Waals surface area contributed by atoms with E-state index >= 15 is 0 Å². The third-order valence-electron chi connectivity index (χ3n) is 4.55. The molecule has 2 aromatic carbocycles. The number of ether oxygens (including phenoxy) is 1. The summed E-state index contributed by atoms with van der Waals surface area (Å²) in [5, 5.41) is 12.4. The number of hydrogen-bond acceptors (Lipinski definition) is 5. The Hall–Kier alpha value is -4.00. The standard InChI is InChI=1S/C26H27N3O4/c1-26(2,3)33-25(32)29-22-15-14-18(17-27-22)16-21(24(30)31)28-23(19-10-6-4-7-11-19)20-12-8-5-9-13-20/h4-15,17,21H,16H2,1-3H3,(H,30,31)(H,27,29,32). The summed E-state index contributed by atoms with van der Waals surface area (Å²) in [6.45, 7) is 5.32. The van der Waals surface area contributed by atoms with E-state index in [2.05, 4.69) is 15.3 Å². The molecule has 0 fully saturated rings. The van der Waals surface area contributed by atoms with Crippen LogP contribution in [-0.4, -0.2) is 39.5 Å². The van der Waals surface area contributed by atoms with Gasteiger partial charge in [-0.3, -0.25) is 10.3 Å². The van der Waals surface area contributed by atoms with Crippen molar-refractivity contribution in [1.82, 2.24) is 4.98 Å². The quantitative estimate of drug-likeness (QED) is 0.501. The van der Waals surface area contributed by atoms with Gasteiger partial charge < -0.3 is 9.84 Å². The van der Waals surface area contributed by atoms with Crippen LogP contribution in [0.1, 0.15) is 37.5 Å². The number of benzene rings is 2. The number of aliphatic carboxylic acids is 1.